The van der Waals surface area contributed by atoms with Gasteiger partial charge in [-0.3, -0.25) is 10.1 Å². The predicted molar refractivity (Wildman–Crippen MR) is 52.1 cm³/mol. The monoisotopic (exact) mass is 199 g/mol. The Bertz CT molecular complexity index is 350. The van der Waals surface area contributed by atoms with Crippen molar-refractivity contribution in [2.24, 2.45) is 0 Å². The number of nitro groups is 1. The van der Waals surface area contributed by atoms with Crippen molar-refractivity contribution in [3.05, 3.63) is 38.9 Å². The minimum absolute atomic E-state index is 0.148. The third-order valence-electron chi connectivity index (χ3n) is 2.03. The van der Waals surface area contributed by atoms with Gasteiger partial charge in [0.05, 0.1) is 10.8 Å². The summed E-state index contributed by atoms with van der Waals surface area (Å²) >= 11 is 5.65. The summed E-state index contributed by atoms with van der Waals surface area (Å²) in [5.41, 5.74) is 2.29. The molecule has 0 N–H and O–H groups in total. The number of halogens is 1. The highest BCUT2D eigenvalue weighted by Crippen LogP contribution is 2.27. The number of nitro benzene ring substituents is 1. The molecule has 0 aliphatic rings. The van der Waals surface area contributed by atoms with Crippen LogP contribution in [0.25, 0.3) is 0 Å². The molecule has 0 saturated heterocycles. The zero-order chi connectivity index (χ0) is 10.0. The summed E-state index contributed by atoms with van der Waals surface area (Å²) in [5, 5.41) is 10.7. The van der Waals surface area contributed by atoms with E-state index in [2.05, 4.69) is 0 Å². The molecule has 0 aromatic heterocycles. The fourth-order valence-corrected chi connectivity index (χ4v) is 1.61. The van der Waals surface area contributed by atoms with E-state index >= 15 is 0 Å². The van der Waals surface area contributed by atoms with Gasteiger partial charge in [-0.1, -0.05) is 12.1 Å². The van der Waals surface area contributed by atoms with Crippen LogP contribution in [0.15, 0.2) is 12.1 Å². The van der Waals surface area contributed by atoms with Crippen molar-refractivity contribution in [1.82, 2.24) is 0 Å². The molecule has 0 unspecified atom stereocenters. The van der Waals surface area contributed by atoms with Gasteiger partial charge in [-0.2, -0.15) is 0 Å². The molecular formula is C9H10ClNO2. The van der Waals surface area contributed by atoms with Gasteiger partial charge in [0.25, 0.3) is 5.69 Å². The van der Waals surface area contributed by atoms with E-state index in [0.29, 0.717) is 11.1 Å². The van der Waals surface area contributed by atoms with Crippen molar-refractivity contribution in [1.29, 1.82) is 0 Å². The molecule has 0 saturated carbocycles. The van der Waals surface area contributed by atoms with Crippen LogP contribution in [0.2, 0.25) is 0 Å². The number of hydrogen-bond acceptors (Lipinski definition) is 2. The van der Waals surface area contributed by atoms with Crippen LogP contribution in [-0.2, 0) is 5.88 Å². The number of rotatable bonds is 2. The number of benzene rings is 1. The Kier molecular flexibility index (Phi) is 2.88. The molecule has 0 fully saturated rings. The Balaban J connectivity index is 3.43. The second kappa shape index (κ2) is 3.75. The molecule has 0 amide bonds. The molecule has 1 aromatic carbocycles. The molecule has 0 aliphatic carbocycles. The van der Waals surface area contributed by atoms with Crippen molar-refractivity contribution < 1.29 is 4.92 Å². The molecule has 0 heterocycles. The van der Waals surface area contributed by atoms with Crippen LogP contribution >= 0.6 is 11.6 Å². The molecule has 3 nitrogen and oxygen atoms in total. The molecule has 0 spiro atoms. The summed E-state index contributed by atoms with van der Waals surface area (Å²) in [6.07, 6.45) is 0. The van der Waals surface area contributed by atoms with Crippen LogP contribution < -0.4 is 0 Å². The Labute approximate surface area is 81.5 Å². The third kappa shape index (κ3) is 1.80. The quantitative estimate of drug-likeness (QED) is 0.418. The fourth-order valence-electron chi connectivity index (χ4n) is 1.28. The van der Waals surface area contributed by atoms with Crippen LogP contribution in [0.5, 0.6) is 0 Å². The van der Waals surface area contributed by atoms with E-state index in [0.717, 1.165) is 5.56 Å². The maximum absolute atomic E-state index is 10.7. The van der Waals surface area contributed by atoms with Gasteiger partial charge < -0.3 is 0 Å². The fraction of sp³-hybridized carbons (Fsp3) is 0.333. The summed E-state index contributed by atoms with van der Waals surface area (Å²) in [6, 6.07) is 3.59. The Morgan fingerprint density at radius 1 is 1.38 bits per heavy atom. The highest BCUT2D eigenvalue weighted by molar-refractivity contribution is 6.17. The lowest BCUT2D eigenvalue weighted by molar-refractivity contribution is -0.386. The lowest BCUT2D eigenvalue weighted by Crippen LogP contribution is -1.98. The standard InChI is InChI=1S/C9H10ClNO2/c1-6-3-4-7(2)9(11(12)13)8(6)5-10/h3-4H,5H2,1-2H3. The zero-order valence-corrected chi connectivity index (χ0v) is 8.26. The van der Waals surface area contributed by atoms with E-state index in [-0.39, 0.29) is 16.5 Å². The molecule has 4 heteroatoms. The Morgan fingerprint density at radius 2 is 1.92 bits per heavy atom. The third-order valence-corrected chi connectivity index (χ3v) is 2.30. The first-order chi connectivity index (χ1) is 6.07. The average molecular weight is 200 g/mol. The van der Waals surface area contributed by atoms with Crippen molar-refractivity contribution >= 4 is 17.3 Å². The highest BCUT2D eigenvalue weighted by Gasteiger charge is 2.17. The molecule has 70 valence electrons. The van der Waals surface area contributed by atoms with E-state index in [1.54, 1.807) is 13.0 Å². The number of nitrogens with zero attached hydrogens (tertiary/aromatic N) is 1. The summed E-state index contributed by atoms with van der Waals surface area (Å²) < 4.78 is 0. The number of alkyl halides is 1. The van der Waals surface area contributed by atoms with E-state index in [1.165, 1.54) is 0 Å². The van der Waals surface area contributed by atoms with Crippen molar-refractivity contribution in [3.63, 3.8) is 0 Å². The van der Waals surface area contributed by atoms with Gasteiger partial charge in [-0.15, -0.1) is 11.6 Å². The van der Waals surface area contributed by atoms with Crippen LogP contribution in [-0.4, -0.2) is 4.92 Å². The largest absolute Gasteiger partial charge is 0.276 e. The first-order valence-electron chi connectivity index (χ1n) is 3.87. The maximum Gasteiger partial charge on any atom is 0.276 e. The zero-order valence-electron chi connectivity index (χ0n) is 7.50. The van der Waals surface area contributed by atoms with Gasteiger partial charge in [0.15, 0.2) is 0 Å². The highest BCUT2D eigenvalue weighted by atomic mass is 35.5. The molecular weight excluding hydrogens is 190 g/mol. The topological polar surface area (TPSA) is 43.1 Å². The van der Waals surface area contributed by atoms with Crippen LogP contribution in [0.4, 0.5) is 5.69 Å². The van der Waals surface area contributed by atoms with Crippen LogP contribution in [0, 0.1) is 24.0 Å². The maximum atomic E-state index is 10.7. The van der Waals surface area contributed by atoms with E-state index < -0.39 is 0 Å². The lowest BCUT2D eigenvalue weighted by atomic mass is 10.0. The minimum atomic E-state index is -0.375. The Hall–Kier alpha value is -1.09. The van der Waals surface area contributed by atoms with Gasteiger partial charge >= 0.3 is 0 Å². The van der Waals surface area contributed by atoms with Crippen LogP contribution in [0.1, 0.15) is 16.7 Å². The summed E-state index contributed by atoms with van der Waals surface area (Å²) in [4.78, 5) is 10.3. The van der Waals surface area contributed by atoms with Gasteiger partial charge in [0.2, 0.25) is 0 Å². The van der Waals surface area contributed by atoms with Gasteiger partial charge in [-0.25, -0.2) is 0 Å². The minimum Gasteiger partial charge on any atom is -0.258 e. The van der Waals surface area contributed by atoms with Crippen LogP contribution in [0.3, 0.4) is 0 Å². The number of aryl methyl sites for hydroxylation is 2. The lowest BCUT2D eigenvalue weighted by Gasteiger charge is -2.05. The number of hydrogen-bond donors (Lipinski definition) is 0. The van der Waals surface area contributed by atoms with Crippen molar-refractivity contribution in [2.45, 2.75) is 19.7 Å². The first-order valence-corrected chi connectivity index (χ1v) is 4.40. The summed E-state index contributed by atoms with van der Waals surface area (Å²) in [7, 11) is 0. The second-order valence-corrected chi connectivity index (χ2v) is 3.18. The van der Waals surface area contributed by atoms with Gasteiger partial charge in [0.1, 0.15) is 0 Å². The summed E-state index contributed by atoms with van der Waals surface area (Å²) in [5.74, 6) is 0.184. The molecule has 1 rings (SSSR count). The Morgan fingerprint density at radius 3 is 2.31 bits per heavy atom. The normalized spacial score (nSPS) is 10.1. The van der Waals surface area contributed by atoms with Gasteiger partial charge in [-0.05, 0) is 19.4 Å². The first kappa shape index (κ1) is 9.99. The van der Waals surface area contributed by atoms with E-state index in [4.69, 9.17) is 11.6 Å². The van der Waals surface area contributed by atoms with Crippen molar-refractivity contribution in [2.75, 3.05) is 0 Å². The van der Waals surface area contributed by atoms with E-state index in [9.17, 15) is 10.1 Å². The van der Waals surface area contributed by atoms with Gasteiger partial charge in [0, 0.05) is 11.1 Å². The molecule has 1 aromatic rings. The predicted octanol–water partition coefficient (Wildman–Crippen LogP) is 2.95. The SMILES string of the molecule is Cc1ccc(C)c([N+](=O)[O-])c1CCl. The second-order valence-electron chi connectivity index (χ2n) is 2.92. The average Bonchev–Trinajstić information content (AvgIpc) is 2.07. The molecule has 13 heavy (non-hydrogen) atoms. The van der Waals surface area contributed by atoms with Crippen molar-refractivity contribution in [3.8, 4) is 0 Å². The smallest absolute Gasteiger partial charge is 0.258 e. The summed E-state index contributed by atoms with van der Waals surface area (Å²) in [6.45, 7) is 3.54. The molecule has 0 radical (unpaired) electrons. The molecule has 0 atom stereocenters. The molecule has 0 aliphatic heterocycles. The molecule has 0 bridgehead atoms. The van der Waals surface area contributed by atoms with E-state index in [1.807, 2.05) is 13.0 Å².